The van der Waals surface area contributed by atoms with Gasteiger partial charge < -0.3 is 19.8 Å². The lowest BCUT2D eigenvalue weighted by atomic mass is 9.94. The molecule has 30 heavy (non-hydrogen) atoms. The summed E-state index contributed by atoms with van der Waals surface area (Å²) in [6, 6.07) is 10.4. The highest BCUT2D eigenvalue weighted by Crippen LogP contribution is 2.25. The molecule has 8 nitrogen and oxygen atoms in total. The predicted molar refractivity (Wildman–Crippen MR) is 109 cm³/mol. The molecule has 2 heterocycles. The summed E-state index contributed by atoms with van der Waals surface area (Å²) in [5, 5.41) is 5.30. The molecule has 3 amide bonds. The van der Waals surface area contributed by atoms with Crippen molar-refractivity contribution in [2.45, 2.75) is 51.9 Å². The summed E-state index contributed by atoms with van der Waals surface area (Å²) in [4.78, 5) is 39.1. The smallest absolute Gasteiger partial charge is 0.411 e. The van der Waals surface area contributed by atoms with Gasteiger partial charge in [-0.2, -0.15) is 0 Å². The van der Waals surface area contributed by atoms with Crippen LogP contribution in [0.4, 0.5) is 4.79 Å². The quantitative estimate of drug-likeness (QED) is 0.784. The van der Waals surface area contributed by atoms with E-state index in [4.69, 9.17) is 9.15 Å². The summed E-state index contributed by atoms with van der Waals surface area (Å²) >= 11 is 0. The molecular weight excluding hydrogens is 386 g/mol. The summed E-state index contributed by atoms with van der Waals surface area (Å²) in [6.07, 6.45) is 1.32. The van der Waals surface area contributed by atoms with E-state index in [1.807, 2.05) is 24.3 Å². The Morgan fingerprint density at radius 3 is 2.50 bits per heavy atom. The molecule has 0 saturated carbocycles. The van der Waals surface area contributed by atoms with E-state index >= 15 is 0 Å². The van der Waals surface area contributed by atoms with E-state index in [0.717, 1.165) is 11.1 Å². The van der Waals surface area contributed by atoms with Crippen LogP contribution in [0.5, 0.6) is 0 Å². The van der Waals surface area contributed by atoms with Gasteiger partial charge in [-0.15, -0.1) is 0 Å². The van der Waals surface area contributed by atoms with Crippen molar-refractivity contribution >= 4 is 17.9 Å². The van der Waals surface area contributed by atoms with Crippen LogP contribution in [0.3, 0.4) is 0 Å². The summed E-state index contributed by atoms with van der Waals surface area (Å²) in [5.74, 6) is -0.127. The Morgan fingerprint density at radius 2 is 1.83 bits per heavy atom. The maximum atomic E-state index is 12.9. The van der Waals surface area contributed by atoms with Crippen molar-refractivity contribution in [3.8, 4) is 0 Å². The minimum absolute atomic E-state index is 0.195. The van der Waals surface area contributed by atoms with Crippen LogP contribution in [0.25, 0.3) is 0 Å². The average Bonchev–Trinajstić information content (AvgIpc) is 3.21. The second kappa shape index (κ2) is 9.02. The van der Waals surface area contributed by atoms with E-state index < -0.39 is 23.6 Å². The van der Waals surface area contributed by atoms with Gasteiger partial charge in [0.1, 0.15) is 17.4 Å². The van der Waals surface area contributed by atoms with E-state index in [2.05, 4.69) is 10.6 Å². The number of ether oxygens (including phenoxy) is 1. The van der Waals surface area contributed by atoms with Gasteiger partial charge in [0.15, 0.2) is 0 Å². The number of hydrogen-bond donors (Lipinski definition) is 2. The van der Waals surface area contributed by atoms with Crippen molar-refractivity contribution in [1.29, 1.82) is 0 Å². The summed E-state index contributed by atoms with van der Waals surface area (Å²) < 4.78 is 10.7. The van der Waals surface area contributed by atoms with Gasteiger partial charge in [0.2, 0.25) is 11.8 Å². The van der Waals surface area contributed by atoms with Crippen molar-refractivity contribution in [3.05, 3.63) is 59.5 Å². The lowest BCUT2D eigenvalue weighted by molar-refractivity contribution is -0.130. The molecular formula is C22H27N3O5. The minimum Gasteiger partial charge on any atom is -0.467 e. The number of nitrogens with one attached hydrogen (secondary N) is 2. The van der Waals surface area contributed by atoms with Gasteiger partial charge in [0.05, 0.1) is 25.9 Å². The van der Waals surface area contributed by atoms with Gasteiger partial charge in [0.25, 0.3) is 0 Å². The van der Waals surface area contributed by atoms with Crippen LogP contribution >= 0.6 is 0 Å². The van der Waals surface area contributed by atoms with Crippen LogP contribution < -0.4 is 10.6 Å². The van der Waals surface area contributed by atoms with Crippen molar-refractivity contribution in [1.82, 2.24) is 15.5 Å². The van der Waals surface area contributed by atoms with Crippen LogP contribution in [0.2, 0.25) is 0 Å². The monoisotopic (exact) mass is 413 g/mol. The number of furan rings is 1. The van der Waals surface area contributed by atoms with Gasteiger partial charge >= 0.3 is 6.09 Å². The third-order valence-corrected chi connectivity index (χ3v) is 4.64. The van der Waals surface area contributed by atoms with E-state index in [0.29, 0.717) is 12.2 Å². The Balaban J connectivity index is 1.64. The zero-order chi connectivity index (χ0) is 21.7. The SMILES string of the molecule is CC(C)(C)OC(=O)N1Cc2ccccc2CC1C(=O)NCC(=O)NCc1ccco1. The molecule has 1 unspecified atom stereocenters. The number of carbonyl (C=O) groups excluding carboxylic acids is 3. The van der Waals surface area contributed by atoms with Crippen molar-refractivity contribution in [2.24, 2.45) is 0 Å². The van der Waals surface area contributed by atoms with Gasteiger partial charge in [-0.05, 0) is 44.0 Å². The second-order valence-electron chi connectivity index (χ2n) is 8.17. The van der Waals surface area contributed by atoms with E-state index in [9.17, 15) is 14.4 Å². The molecule has 0 aliphatic carbocycles. The molecule has 0 radical (unpaired) electrons. The molecule has 0 spiro atoms. The van der Waals surface area contributed by atoms with Crippen LogP contribution in [0.1, 0.15) is 37.7 Å². The number of nitrogens with zero attached hydrogens (tertiary/aromatic N) is 1. The Kier molecular flexibility index (Phi) is 6.44. The second-order valence-corrected chi connectivity index (χ2v) is 8.17. The number of fused-ring (bicyclic) bond motifs is 1. The standard InChI is InChI=1S/C22H27N3O5/c1-22(2,3)30-21(28)25-14-16-8-5-4-7-15(16)11-18(25)20(27)24-13-19(26)23-12-17-9-6-10-29-17/h4-10,18H,11-14H2,1-3H3,(H,23,26)(H,24,27). The van der Waals surface area contributed by atoms with Crippen LogP contribution in [-0.4, -0.2) is 41.0 Å². The molecule has 160 valence electrons. The first-order chi connectivity index (χ1) is 14.2. The molecule has 0 saturated heterocycles. The molecule has 2 N–H and O–H groups in total. The Hall–Kier alpha value is -3.29. The van der Waals surface area contributed by atoms with E-state index in [-0.39, 0.29) is 25.5 Å². The lowest BCUT2D eigenvalue weighted by Gasteiger charge is -2.36. The topological polar surface area (TPSA) is 101 Å². The number of carbonyl (C=O) groups is 3. The van der Waals surface area contributed by atoms with E-state index in [1.54, 1.807) is 32.9 Å². The van der Waals surface area contributed by atoms with Crippen LogP contribution in [-0.2, 0) is 33.8 Å². The molecule has 0 fully saturated rings. The Labute approximate surface area is 175 Å². The maximum Gasteiger partial charge on any atom is 0.411 e. The fourth-order valence-corrected chi connectivity index (χ4v) is 3.22. The number of amides is 3. The number of hydrogen-bond acceptors (Lipinski definition) is 5. The molecule has 0 bridgehead atoms. The normalized spacial score (nSPS) is 15.8. The molecule has 8 heteroatoms. The molecule has 3 rings (SSSR count). The Morgan fingerprint density at radius 1 is 1.10 bits per heavy atom. The zero-order valence-electron chi connectivity index (χ0n) is 17.4. The maximum absolute atomic E-state index is 12.9. The first-order valence-electron chi connectivity index (χ1n) is 9.86. The molecule has 1 aliphatic rings. The van der Waals surface area contributed by atoms with Gasteiger partial charge in [-0.1, -0.05) is 24.3 Å². The van der Waals surface area contributed by atoms with Gasteiger partial charge in [-0.25, -0.2) is 4.79 Å². The van der Waals surface area contributed by atoms with Crippen molar-refractivity contribution in [2.75, 3.05) is 6.54 Å². The van der Waals surface area contributed by atoms with E-state index in [1.165, 1.54) is 11.2 Å². The predicted octanol–water partition coefficient (Wildman–Crippen LogP) is 2.37. The number of benzene rings is 1. The van der Waals surface area contributed by atoms with Crippen LogP contribution in [0, 0.1) is 0 Å². The van der Waals surface area contributed by atoms with Gasteiger partial charge in [0, 0.05) is 6.42 Å². The summed E-state index contributed by atoms with van der Waals surface area (Å²) in [6.45, 7) is 5.65. The summed E-state index contributed by atoms with van der Waals surface area (Å²) in [5.41, 5.74) is 1.30. The first kappa shape index (κ1) is 21.4. The average molecular weight is 413 g/mol. The fourth-order valence-electron chi connectivity index (χ4n) is 3.22. The fraction of sp³-hybridized carbons (Fsp3) is 0.409. The highest BCUT2D eigenvalue weighted by molar-refractivity contribution is 5.90. The van der Waals surface area contributed by atoms with Crippen molar-refractivity contribution in [3.63, 3.8) is 0 Å². The molecule has 1 aromatic carbocycles. The molecule has 1 atom stereocenters. The third kappa shape index (κ3) is 5.62. The van der Waals surface area contributed by atoms with Crippen molar-refractivity contribution < 1.29 is 23.5 Å². The zero-order valence-corrected chi connectivity index (χ0v) is 17.4. The highest BCUT2D eigenvalue weighted by atomic mass is 16.6. The molecule has 1 aromatic heterocycles. The summed E-state index contributed by atoms with van der Waals surface area (Å²) in [7, 11) is 0. The third-order valence-electron chi connectivity index (χ3n) is 4.64. The highest BCUT2D eigenvalue weighted by Gasteiger charge is 2.36. The lowest BCUT2D eigenvalue weighted by Crippen LogP contribution is -2.54. The number of rotatable bonds is 5. The van der Waals surface area contributed by atoms with Gasteiger partial charge in [-0.3, -0.25) is 14.5 Å². The molecule has 2 aromatic rings. The largest absolute Gasteiger partial charge is 0.467 e. The minimum atomic E-state index is -0.757. The first-order valence-corrected chi connectivity index (χ1v) is 9.86. The molecule has 1 aliphatic heterocycles. The Bertz CT molecular complexity index is 902. The van der Waals surface area contributed by atoms with Crippen LogP contribution in [0.15, 0.2) is 47.1 Å².